The van der Waals surface area contributed by atoms with Crippen molar-refractivity contribution >= 4 is 11.6 Å². The van der Waals surface area contributed by atoms with Crippen LogP contribution in [0.4, 0.5) is 5.69 Å². The number of carbonyl (C=O) groups excluding carboxylic acids is 1. The van der Waals surface area contributed by atoms with Gasteiger partial charge in [-0.1, -0.05) is 0 Å². The van der Waals surface area contributed by atoms with Gasteiger partial charge in [0, 0.05) is 24.5 Å². The Hall–Kier alpha value is -2.81. The summed E-state index contributed by atoms with van der Waals surface area (Å²) in [6.45, 7) is 0. The Bertz CT molecular complexity index is 685. The summed E-state index contributed by atoms with van der Waals surface area (Å²) in [5, 5.41) is 11.6. The molecule has 0 atom stereocenters. The van der Waals surface area contributed by atoms with Crippen LogP contribution >= 0.6 is 0 Å². The number of hydrogen-bond donors (Lipinski definition) is 1. The molecule has 1 aliphatic carbocycles. The van der Waals surface area contributed by atoms with Crippen LogP contribution in [0.5, 0.6) is 0 Å². The molecule has 2 aromatic heterocycles. The summed E-state index contributed by atoms with van der Waals surface area (Å²) in [4.78, 5) is 24.3. The highest BCUT2D eigenvalue weighted by Crippen LogP contribution is 2.37. The Morgan fingerprint density at radius 3 is 2.70 bits per heavy atom. The molecule has 6 heteroatoms. The summed E-state index contributed by atoms with van der Waals surface area (Å²) in [5.41, 5.74) is 1.11. The number of carbonyl (C=O) groups is 1. The fourth-order valence-electron chi connectivity index (χ4n) is 1.79. The van der Waals surface area contributed by atoms with Crippen LogP contribution in [0.1, 0.15) is 40.5 Å². The summed E-state index contributed by atoms with van der Waals surface area (Å²) < 4.78 is 0. The van der Waals surface area contributed by atoms with Crippen molar-refractivity contribution in [1.82, 2.24) is 15.0 Å². The molecule has 0 aliphatic heterocycles. The fraction of sp³-hybridized carbons (Fsp3) is 0.214. The Balaban J connectivity index is 1.77. The highest BCUT2D eigenvalue weighted by atomic mass is 16.1. The van der Waals surface area contributed by atoms with E-state index in [9.17, 15) is 4.79 Å². The second kappa shape index (κ2) is 5.05. The molecule has 0 saturated heterocycles. The maximum absolute atomic E-state index is 12.1. The molecule has 1 amide bonds. The van der Waals surface area contributed by atoms with E-state index in [1.165, 1.54) is 24.8 Å². The molecule has 1 fully saturated rings. The molecule has 1 saturated carbocycles. The molecule has 1 N–H and O–H groups in total. The molecule has 20 heavy (non-hydrogen) atoms. The van der Waals surface area contributed by atoms with Gasteiger partial charge < -0.3 is 5.32 Å². The molecule has 0 bridgehead atoms. The van der Waals surface area contributed by atoms with Crippen molar-refractivity contribution in [1.29, 1.82) is 5.26 Å². The number of rotatable bonds is 3. The van der Waals surface area contributed by atoms with Crippen molar-refractivity contribution in [3.8, 4) is 6.07 Å². The second-order valence-electron chi connectivity index (χ2n) is 4.59. The van der Waals surface area contributed by atoms with Gasteiger partial charge in [-0.05, 0) is 18.9 Å². The predicted octanol–water partition coefficient (Wildman–Crippen LogP) is 1.87. The third-order valence-corrected chi connectivity index (χ3v) is 3.07. The molecular weight excluding hydrogens is 254 g/mol. The quantitative estimate of drug-likeness (QED) is 0.914. The smallest absolute Gasteiger partial charge is 0.258 e. The number of aromatic nitrogens is 3. The van der Waals surface area contributed by atoms with Crippen molar-refractivity contribution < 1.29 is 4.79 Å². The summed E-state index contributed by atoms with van der Waals surface area (Å²) in [7, 11) is 0. The van der Waals surface area contributed by atoms with Crippen molar-refractivity contribution in [2.75, 3.05) is 5.32 Å². The number of pyridine rings is 1. The summed E-state index contributed by atoms with van der Waals surface area (Å²) in [5.74, 6) is 0.896. The molecule has 1 aliphatic rings. The van der Waals surface area contributed by atoms with E-state index in [2.05, 4.69) is 20.3 Å². The van der Waals surface area contributed by atoms with Crippen molar-refractivity contribution in [3.63, 3.8) is 0 Å². The number of nitrogens with zero attached hydrogens (tertiary/aromatic N) is 4. The number of anilines is 1. The lowest BCUT2D eigenvalue weighted by molar-refractivity contribution is 0.102. The number of hydrogen-bond acceptors (Lipinski definition) is 5. The second-order valence-corrected chi connectivity index (χ2v) is 4.59. The van der Waals surface area contributed by atoms with Gasteiger partial charge in [-0.15, -0.1) is 0 Å². The summed E-state index contributed by atoms with van der Waals surface area (Å²) in [6.07, 6.45) is 8.20. The first-order chi connectivity index (χ1) is 9.78. The van der Waals surface area contributed by atoms with Gasteiger partial charge >= 0.3 is 0 Å². The first kappa shape index (κ1) is 12.2. The lowest BCUT2D eigenvalue weighted by Crippen LogP contribution is -2.14. The fourth-order valence-corrected chi connectivity index (χ4v) is 1.79. The van der Waals surface area contributed by atoms with Crippen LogP contribution in [-0.2, 0) is 0 Å². The third kappa shape index (κ3) is 2.47. The van der Waals surface area contributed by atoms with Gasteiger partial charge in [0.2, 0.25) is 0 Å². The molecule has 6 nitrogen and oxygen atoms in total. The standard InChI is InChI=1S/C14H11N5O/c15-5-10-3-4-16-8-12(10)19-14(20)11-6-17-13(18-7-11)9-1-2-9/h3-4,6-9H,1-2H2,(H,19,20). The molecule has 3 rings (SSSR count). The third-order valence-electron chi connectivity index (χ3n) is 3.07. The monoisotopic (exact) mass is 265 g/mol. The van der Waals surface area contributed by atoms with E-state index in [1.54, 1.807) is 6.07 Å². The van der Waals surface area contributed by atoms with Crippen molar-refractivity contribution in [3.05, 3.63) is 47.8 Å². The molecule has 2 heterocycles. The zero-order valence-electron chi connectivity index (χ0n) is 10.6. The van der Waals surface area contributed by atoms with Crippen molar-refractivity contribution in [2.45, 2.75) is 18.8 Å². The Morgan fingerprint density at radius 1 is 1.30 bits per heavy atom. The summed E-state index contributed by atoms with van der Waals surface area (Å²) >= 11 is 0. The van der Waals surface area contributed by atoms with Crippen LogP contribution in [0, 0.1) is 11.3 Å². The van der Waals surface area contributed by atoms with E-state index in [1.807, 2.05) is 6.07 Å². The molecule has 0 radical (unpaired) electrons. The first-order valence-electron chi connectivity index (χ1n) is 6.25. The lowest BCUT2D eigenvalue weighted by Gasteiger charge is -2.06. The van der Waals surface area contributed by atoms with Gasteiger partial charge in [0.15, 0.2) is 0 Å². The number of amides is 1. The Kier molecular flexibility index (Phi) is 3.09. The minimum Gasteiger partial charge on any atom is -0.319 e. The van der Waals surface area contributed by atoms with Crippen LogP contribution < -0.4 is 5.32 Å². The van der Waals surface area contributed by atoms with Gasteiger partial charge in [-0.3, -0.25) is 9.78 Å². The van der Waals surface area contributed by atoms with E-state index in [0.29, 0.717) is 22.7 Å². The number of nitrogens with one attached hydrogen (secondary N) is 1. The average Bonchev–Trinajstić information content (AvgIpc) is 3.32. The topological polar surface area (TPSA) is 91.6 Å². The van der Waals surface area contributed by atoms with Gasteiger partial charge in [0.25, 0.3) is 5.91 Å². The largest absolute Gasteiger partial charge is 0.319 e. The maximum Gasteiger partial charge on any atom is 0.258 e. The van der Waals surface area contributed by atoms with Crippen molar-refractivity contribution in [2.24, 2.45) is 0 Å². The molecular formula is C14H11N5O. The summed E-state index contributed by atoms with van der Waals surface area (Å²) in [6, 6.07) is 3.54. The zero-order valence-corrected chi connectivity index (χ0v) is 10.6. The molecule has 98 valence electrons. The molecule has 0 unspecified atom stereocenters. The molecule has 0 spiro atoms. The van der Waals surface area contributed by atoms with E-state index >= 15 is 0 Å². The Labute approximate surface area is 115 Å². The highest BCUT2D eigenvalue weighted by Gasteiger charge is 2.26. The van der Waals surface area contributed by atoms with E-state index < -0.39 is 0 Å². The first-order valence-corrected chi connectivity index (χ1v) is 6.25. The van der Waals surface area contributed by atoms with Gasteiger partial charge in [-0.25, -0.2) is 9.97 Å². The zero-order chi connectivity index (χ0) is 13.9. The maximum atomic E-state index is 12.1. The van der Waals surface area contributed by atoms with E-state index in [-0.39, 0.29) is 5.91 Å². The van der Waals surface area contributed by atoms with Crippen LogP contribution in [0.3, 0.4) is 0 Å². The van der Waals surface area contributed by atoms with E-state index in [0.717, 1.165) is 18.7 Å². The highest BCUT2D eigenvalue weighted by molar-refractivity contribution is 6.04. The number of nitriles is 1. The van der Waals surface area contributed by atoms with Gasteiger partial charge in [0.05, 0.1) is 23.0 Å². The predicted molar refractivity (Wildman–Crippen MR) is 70.9 cm³/mol. The molecule has 2 aromatic rings. The van der Waals surface area contributed by atoms with E-state index in [4.69, 9.17) is 5.26 Å². The minimum atomic E-state index is -0.350. The van der Waals surface area contributed by atoms with Crippen LogP contribution in [0.25, 0.3) is 0 Å². The minimum absolute atomic E-state index is 0.350. The average molecular weight is 265 g/mol. The van der Waals surface area contributed by atoms with Crippen LogP contribution in [-0.4, -0.2) is 20.9 Å². The SMILES string of the molecule is N#Cc1ccncc1NC(=O)c1cnc(C2CC2)nc1. The molecule has 0 aromatic carbocycles. The van der Waals surface area contributed by atoms with Crippen LogP contribution in [0.2, 0.25) is 0 Å². The van der Waals surface area contributed by atoms with Gasteiger partial charge in [-0.2, -0.15) is 5.26 Å². The van der Waals surface area contributed by atoms with Crippen LogP contribution in [0.15, 0.2) is 30.9 Å². The van der Waals surface area contributed by atoms with Gasteiger partial charge in [0.1, 0.15) is 11.9 Å². The Morgan fingerprint density at radius 2 is 2.05 bits per heavy atom. The lowest BCUT2D eigenvalue weighted by atomic mass is 10.2. The normalized spacial score (nSPS) is 13.6.